The van der Waals surface area contributed by atoms with Crippen LogP contribution in [0.5, 0.6) is 0 Å². The molecule has 0 unspecified atom stereocenters. The minimum Gasteiger partial charge on any atom is -0.434 e. The van der Waals surface area contributed by atoms with Crippen molar-refractivity contribution in [3.63, 3.8) is 0 Å². The SMILES string of the molecule is Cc1cccc(NC(=O)c2cc3cc(Br)cc(Br)c3o/c2=N/O)c1. The molecule has 0 aliphatic heterocycles. The Labute approximate surface area is 154 Å². The molecule has 1 heterocycles. The first kappa shape index (κ1) is 16.7. The van der Waals surface area contributed by atoms with Crippen LogP contribution in [0.1, 0.15) is 15.9 Å². The largest absolute Gasteiger partial charge is 0.434 e. The molecule has 0 aliphatic rings. The molecule has 1 amide bonds. The number of nitrogens with zero attached hydrogens (tertiary/aromatic N) is 1. The first-order chi connectivity index (χ1) is 11.5. The van der Waals surface area contributed by atoms with Gasteiger partial charge in [0.2, 0.25) is 0 Å². The van der Waals surface area contributed by atoms with E-state index in [0.29, 0.717) is 21.1 Å². The van der Waals surface area contributed by atoms with E-state index in [1.54, 1.807) is 18.2 Å². The van der Waals surface area contributed by atoms with Gasteiger partial charge in [-0.2, -0.15) is 0 Å². The molecular formula is C17H12Br2N2O3. The van der Waals surface area contributed by atoms with Crippen molar-refractivity contribution in [2.45, 2.75) is 6.92 Å². The van der Waals surface area contributed by atoms with Gasteiger partial charge >= 0.3 is 0 Å². The monoisotopic (exact) mass is 450 g/mol. The molecule has 0 bridgehead atoms. The summed E-state index contributed by atoms with van der Waals surface area (Å²) in [4.78, 5) is 12.6. The van der Waals surface area contributed by atoms with Crippen molar-refractivity contribution in [2.24, 2.45) is 5.16 Å². The first-order valence-corrected chi connectivity index (χ1v) is 8.55. The number of halogens is 2. The zero-order valence-corrected chi connectivity index (χ0v) is 15.7. The Hall–Kier alpha value is -2.12. The van der Waals surface area contributed by atoms with Crippen LogP contribution in [0.3, 0.4) is 0 Å². The zero-order valence-electron chi connectivity index (χ0n) is 12.5. The lowest BCUT2D eigenvalue weighted by atomic mass is 10.1. The van der Waals surface area contributed by atoms with Crippen LogP contribution in [0.15, 0.2) is 61.0 Å². The molecule has 3 aromatic rings. The maximum Gasteiger partial charge on any atom is 0.268 e. The molecule has 0 radical (unpaired) electrons. The van der Waals surface area contributed by atoms with Crippen LogP contribution in [0.25, 0.3) is 11.0 Å². The summed E-state index contributed by atoms with van der Waals surface area (Å²) >= 11 is 6.78. The number of amides is 1. The minimum atomic E-state index is -0.421. The Morgan fingerprint density at radius 2 is 2.00 bits per heavy atom. The predicted octanol–water partition coefficient (Wildman–Crippen LogP) is 4.81. The topological polar surface area (TPSA) is 74.8 Å². The van der Waals surface area contributed by atoms with Gasteiger partial charge in [0.1, 0.15) is 5.56 Å². The molecule has 1 aromatic heterocycles. The fourth-order valence-electron chi connectivity index (χ4n) is 2.32. The van der Waals surface area contributed by atoms with Crippen molar-refractivity contribution in [1.82, 2.24) is 0 Å². The van der Waals surface area contributed by atoms with Crippen molar-refractivity contribution in [3.05, 3.63) is 68.1 Å². The third-order valence-corrected chi connectivity index (χ3v) is 4.42. The Morgan fingerprint density at radius 3 is 2.71 bits per heavy atom. The van der Waals surface area contributed by atoms with Gasteiger partial charge in [-0.3, -0.25) is 4.79 Å². The van der Waals surface area contributed by atoms with Crippen molar-refractivity contribution in [2.75, 3.05) is 5.32 Å². The van der Waals surface area contributed by atoms with Gasteiger partial charge in [0.05, 0.1) is 4.47 Å². The molecule has 5 nitrogen and oxygen atoms in total. The summed E-state index contributed by atoms with van der Waals surface area (Å²) in [5.74, 6) is -0.421. The summed E-state index contributed by atoms with van der Waals surface area (Å²) < 4.78 is 7.08. The summed E-state index contributed by atoms with van der Waals surface area (Å²) in [7, 11) is 0. The second-order valence-electron chi connectivity index (χ2n) is 5.19. The van der Waals surface area contributed by atoms with Crippen molar-refractivity contribution < 1.29 is 14.4 Å². The van der Waals surface area contributed by atoms with Crippen LogP contribution < -0.4 is 10.9 Å². The number of hydrogen-bond donors (Lipinski definition) is 2. The zero-order chi connectivity index (χ0) is 17.3. The number of aryl methyl sites for hydroxylation is 1. The maximum absolute atomic E-state index is 12.6. The van der Waals surface area contributed by atoms with Crippen LogP contribution >= 0.6 is 31.9 Å². The average Bonchev–Trinajstić information content (AvgIpc) is 2.53. The highest BCUT2D eigenvalue weighted by atomic mass is 79.9. The van der Waals surface area contributed by atoms with Crippen molar-refractivity contribution in [1.29, 1.82) is 0 Å². The van der Waals surface area contributed by atoms with E-state index in [1.165, 1.54) is 0 Å². The second-order valence-corrected chi connectivity index (χ2v) is 6.96. The van der Waals surface area contributed by atoms with E-state index in [4.69, 9.17) is 4.42 Å². The Bertz CT molecular complexity index is 1010. The van der Waals surface area contributed by atoms with Gasteiger partial charge in [0.15, 0.2) is 5.58 Å². The molecule has 0 fully saturated rings. The number of rotatable bonds is 2. The maximum atomic E-state index is 12.6. The minimum absolute atomic E-state index is 0.136. The molecular weight excluding hydrogens is 440 g/mol. The van der Waals surface area contributed by atoms with Gasteiger partial charge in [0, 0.05) is 15.5 Å². The highest BCUT2D eigenvalue weighted by molar-refractivity contribution is 9.11. The van der Waals surface area contributed by atoms with E-state index < -0.39 is 5.91 Å². The van der Waals surface area contributed by atoms with Crippen LogP contribution in [-0.4, -0.2) is 11.1 Å². The Kier molecular flexibility index (Phi) is 4.73. The fraction of sp³-hybridized carbons (Fsp3) is 0.0588. The summed E-state index contributed by atoms with van der Waals surface area (Å²) in [6.07, 6.45) is 0. The molecule has 24 heavy (non-hydrogen) atoms. The van der Waals surface area contributed by atoms with Crippen LogP contribution in [-0.2, 0) is 0 Å². The standard InChI is InChI=1S/C17H12Br2N2O3/c1-9-3-2-4-12(5-9)20-16(22)13-7-10-6-11(18)8-14(19)15(10)24-17(13)21-23/h2-8,23H,1H3,(H,20,22)/b21-17+. The number of nitrogens with one attached hydrogen (secondary N) is 1. The second kappa shape index (κ2) is 6.78. The van der Waals surface area contributed by atoms with Gasteiger partial charge in [-0.25, -0.2) is 0 Å². The highest BCUT2D eigenvalue weighted by Gasteiger charge is 2.15. The summed E-state index contributed by atoms with van der Waals surface area (Å²) in [5, 5.41) is 15.8. The summed E-state index contributed by atoms with van der Waals surface area (Å²) in [5.41, 5.74) is 2.14. The molecule has 122 valence electrons. The lowest BCUT2D eigenvalue weighted by molar-refractivity contribution is 0.102. The van der Waals surface area contributed by atoms with E-state index in [-0.39, 0.29) is 11.1 Å². The first-order valence-electron chi connectivity index (χ1n) is 6.97. The van der Waals surface area contributed by atoms with Gasteiger partial charge in [-0.05, 0) is 63.9 Å². The van der Waals surface area contributed by atoms with Crippen LogP contribution in [0, 0.1) is 6.92 Å². The van der Waals surface area contributed by atoms with Gasteiger partial charge < -0.3 is 14.9 Å². The van der Waals surface area contributed by atoms with Gasteiger partial charge in [0.25, 0.3) is 11.5 Å². The molecule has 0 spiro atoms. The van der Waals surface area contributed by atoms with E-state index in [2.05, 4.69) is 42.3 Å². The molecule has 0 saturated carbocycles. The smallest absolute Gasteiger partial charge is 0.268 e. The molecule has 0 aliphatic carbocycles. The third-order valence-electron chi connectivity index (χ3n) is 3.38. The average molecular weight is 452 g/mol. The lowest BCUT2D eigenvalue weighted by Gasteiger charge is -2.08. The van der Waals surface area contributed by atoms with Crippen LogP contribution in [0.2, 0.25) is 0 Å². The number of benzene rings is 2. The summed E-state index contributed by atoms with van der Waals surface area (Å²) in [6.45, 7) is 1.94. The Morgan fingerprint density at radius 1 is 1.21 bits per heavy atom. The highest BCUT2D eigenvalue weighted by Crippen LogP contribution is 2.28. The number of hydrogen-bond acceptors (Lipinski definition) is 4. The predicted molar refractivity (Wildman–Crippen MR) is 98.1 cm³/mol. The molecule has 0 atom stereocenters. The number of fused-ring (bicyclic) bond motifs is 1. The molecule has 7 heteroatoms. The van der Waals surface area contributed by atoms with Crippen LogP contribution in [0.4, 0.5) is 5.69 Å². The molecule has 2 aromatic carbocycles. The molecule has 0 saturated heterocycles. The van der Waals surface area contributed by atoms with Gasteiger partial charge in [-0.15, -0.1) is 0 Å². The van der Waals surface area contributed by atoms with E-state index in [0.717, 1.165) is 10.0 Å². The lowest BCUT2D eigenvalue weighted by Crippen LogP contribution is -2.21. The van der Waals surface area contributed by atoms with E-state index >= 15 is 0 Å². The third kappa shape index (κ3) is 3.37. The molecule has 3 rings (SSSR count). The Balaban J connectivity index is 2.09. The number of carbonyl (C=O) groups is 1. The number of carbonyl (C=O) groups excluding carboxylic acids is 1. The van der Waals surface area contributed by atoms with Gasteiger partial charge in [-0.1, -0.05) is 28.1 Å². The normalized spacial score (nSPS) is 11.7. The number of anilines is 1. The van der Waals surface area contributed by atoms with E-state index in [1.807, 2.05) is 31.2 Å². The van der Waals surface area contributed by atoms with Crippen molar-refractivity contribution >= 4 is 54.4 Å². The quantitative estimate of drug-likeness (QED) is 0.433. The van der Waals surface area contributed by atoms with Crippen molar-refractivity contribution in [3.8, 4) is 0 Å². The molecule has 2 N–H and O–H groups in total. The fourth-order valence-corrected chi connectivity index (χ4v) is 3.66. The van der Waals surface area contributed by atoms with E-state index in [9.17, 15) is 10.0 Å². The summed E-state index contributed by atoms with van der Waals surface area (Å²) in [6, 6.07) is 12.7.